The first-order chi connectivity index (χ1) is 10.7. The average Bonchev–Trinajstić information content (AvgIpc) is 3.24. The van der Waals surface area contributed by atoms with E-state index in [-0.39, 0.29) is 11.9 Å². The minimum Gasteiger partial charge on any atom is -0.347 e. The first-order valence-corrected chi connectivity index (χ1v) is 8.15. The van der Waals surface area contributed by atoms with Gasteiger partial charge in [0.15, 0.2) is 0 Å². The van der Waals surface area contributed by atoms with Crippen LogP contribution in [0.2, 0.25) is 0 Å². The molecule has 4 rings (SSSR count). The Morgan fingerprint density at radius 1 is 1.32 bits per heavy atom. The Morgan fingerprint density at radius 2 is 2.23 bits per heavy atom. The third kappa shape index (κ3) is 2.50. The zero-order valence-corrected chi connectivity index (χ0v) is 12.6. The van der Waals surface area contributed by atoms with Crippen molar-refractivity contribution < 1.29 is 9.18 Å². The van der Waals surface area contributed by atoms with Crippen LogP contribution in [-0.2, 0) is 0 Å². The first-order valence-electron chi connectivity index (χ1n) is 7.34. The number of amides is 1. The van der Waals surface area contributed by atoms with Gasteiger partial charge in [0.1, 0.15) is 9.88 Å². The molecule has 1 amide bonds. The molecule has 2 aliphatic heterocycles. The Labute approximate surface area is 131 Å². The standard InChI is InChI=1S/C15H15FN4OS/c16-13-4-1-8(6-17-13)15-18-7-12(22-15)14(21)20-11-5-9-2-3-10(11)19-9/h1,4,6-7,9-11,19H,2-3,5H2,(H,20,21). The third-order valence-electron chi connectivity index (χ3n) is 4.32. The molecular formula is C15H15FN4OS. The zero-order valence-electron chi connectivity index (χ0n) is 11.8. The van der Waals surface area contributed by atoms with Gasteiger partial charge in [-0.1, -0.05) is 0 Å². The van der Waals surface area contributed by atoms with Gasteiger partial charge in [-0.05, 0) is 31.4 Å². The van der Waals surface area contributed by atoms with Gasteiger partial charge in [0.05, 0.1) is 6.20 Å². The van der Waals surface area contributed by atoms with Crippen LogP contribution in [0.1, 0.15) is 28.9 Å². The number of carbonyl (C=O) groups excluding carboxylic acids is 1. The zero-order chi connectivity index (χ0) is 15.1. The Morgan fingerprint density at radius 3 is 2.91 bits per heavy atom. The van der Waals surface area contributed by atoms with Crippen LogP contribution in [0.4, 0.5) is 4.39 Å². The third-order valence-corrected chi connectivity index (χ3v) is 5.37. The lowest BCUT2D eigenvalue weighted by atomic mass is 9.95. The summed E-state index contributed by atoms with van der Waals surface area (Å²) < 4.78 is 12.8. The van der Waals surface area contributed by atoms with Gasteiger partial charge in [0.2, 0.25) is 5.95 Å². The summed E-state index contributed by atoms with van der Waals surface area (Å²) in [6, 6.07) is 4.07. The van der Waals surface area contributed by atoms with E-state index in [9.17, 15) is 9.18 Å². The summed E-state index contributed by atoms with van der Waals surface area (Å²) >= 11 is 1.30. The van der Waals surface area contributed by atoms with Crippen LogP contribution in [-0.4, -0.2) is 34.0 Å². The molecule has 7 heteroatoms. The Kier molecular flexibility index (Phi) is 3.38. The molecule has 2 aromatic heterocycles. The van der Waals surface area contributed by atoms with Gasteiger partial charge in [0, 0.05) is 29.9 Å². The molecule has 5 nitrogen and oxygen atoms in total. The van der Waals surface area contributed by atoms with Crippen LogP contribution in [0, 0.1) is 5.95 Å². The number of pyridine rings is 1. The van der Waals surface area contributed by atoms with Gasteiger partial charge in [-0.25, -0.2) is 9.97 Å². The van der Waals surface area contributed by atoms with E-state index in [2.05, 4.69) is 20.6 Å². The maximum Gasteiger partial charge on any atom is 0.263 e. The molecule has 22 heavy (non-hydrogen) atoms. The van der Waals surface area contributed by atoms with Crippen LogP contribution in [0.3, 0.4) is 0 Å². The molecule has 3 unspecified atom stereocenters. The topological polar surface area (TPSA) is 66.9 Å². The molecule has 0 radical (unpaired) electrons. The van der Waals surface area contributed by atoms with Crippen molar-refractivity contribution in [3.05, 3.63) is 35.4 Å². The predicted octanol–water partition coefficient (Wildman–Crippen LogP) is 1.97. The molecule has 4 heterocycles. The van der Waals surface area contributed by atoms with E-state index in [0.717, 1.165) is 12.8 Å². The highest BCUT2D eigenvalue weighted by molar-refractivity contribution is 7.16. The normalized spacial score (nSPS) is 26.3. The molecule has 0 aliphatic carbocycles. The number of aromatic nitrogens is 2. The lowest BCUT2D eigenvalue weighted by molar-refractivity contribution is 0.0935. The number of hydrogen-bond acceptors (Lipinski definition) is 5. The lowest BCUT2D eigenvalue weighted by Crippen LogP contribution is -2.42. The van der Waals surface area contributed by atoms with Crippen molar-refractivity contribution in [3.8, 4) is 10.6 Å². The van der Waals surface area contributed by atoms with Crippen LogP contribution < -0.4 is 10.6 Å². The predicted molar refractivity (Wildman–Crippen MR) is 81.1 cm³/mol. The van der Waals surface area contributed by atoms with Gasteiger partial charge >= 0.3 is 0 Å². The van der Waals surface area contributed by atoms with Crippen molar-refractivity contribution in [2.24, 2.45) is 0 Å². The quantitative estimate of drug-likeness (QED) is 0.849. The van der Waals surface area contributed by atoms with Gasteiger partial charge in [0.25, 0.3) is 5.91 Å². The van der Waals surface area contributed by atoms with Crippen LogP contribution in [0.25, 0.3) is 10.6 Å². The van der Waals surface area contributed by atoms with Gasteiger partial charge in [-0.3, -0.25) is 4.79 Å². The number of fused-ring (bicyclic) bond motifs is 2. The molecule has 2 fully saturated rings. The van der Waals surface area contributed by atoms with Crippen molar-refractivity contribution >= 4 is 17.2 Å². The fourth-order valence-corrected chi connectivity index (χ4v) is 4.05. The van der Waals surface area contributed by atoms with Crippen molar-refractivity contribution in [3.63, 3.8) is 0 Å². The molecular weight excluding hydrogens is 303 g/mol. The molecule has 3 atom stereocenters. The second kappa shape index (κ2) is 5.40. The van der Waals surface area contributed by atoms with E-state index in [0.29, 0.717) is 27.5 Å². The molecule has 2 saturated heterocycles. The highest BCUT2D eigenvalue weighted by atomic mass is 32.1. The highest BCUT2D eigenvalue weighted by Crippen LogP contribution is 2.29. The Bertz CT molecular complexity index is 702. The number of thiazole rings is 1. The molecule has 2 bridgehead atoms. The molecule has 2 aromatic rings. The van der Waals surface area contributed by atoms with Crippen LogP contribution >= 0.6 is 11.3 Å². The van der Waals surface area contributed by atoms with E-state index >= 15 is 0 Å². The smallest absolute Gasteiger partial charge is 0.263 e. The molecule has 0 saturated carbocycles. The summed E-state index contributed by atoms with van der Waals surface area (Å²) in [4.78, 5) is 20.8. The summed E-state index contributed by atoms with van der Waals surface area (Å²) in [6.45, 7) is 0. The van der Waals surface area contributed by atoms with E-state index in [1.54, 1.807) is 12.3 Å². The molecule has 2 aliphatic rings. The largest absolute Gasteiger partial charge is 0.347 e. The SMILES string of the molecule is O=C(NC1CC2CCC1N2)c1cnc(-c2ccc(F)nc2)s1. The second-order valence-corrected chi connectivity index (χ2v) is 6.79. The number of hydrogen-bond donors (Lipinski definition) is 2. The van der Waals surface area contributed by atoms with E-state index in [1.807, 2.05) is 0 Å². The van der Waals surface area contributed by atoms with Gasteiger partial charge < -0.3 is 10.6 Å². The second-order valence-electron chi connectivity index (χ2n) is 5.76. The summed E-state index contributed by atoms with van der Waals surface area (Å²) in [7, 11) is 0. The fraction of sp³-hybridized carbons (Fsp3) is 0.400. The molecule has 114 valence electrons. The maximum atomic E-state index is 12.8. The van der Waals surface area contributed by atoms with Crippen molar-refractivity contribution in [2.45, 2.75) is 37.4 Å². The van der Waals surface area contributed by atoms with E-state index < -0.39 is 5.95 Å². The summed E-state index contributed by atoms with van der Waals surface area (Å²) in [6.07, 6.45) is 6.34. The summed E-state index contributed by atoms with van der Waals surface area (Å²) in [5.74, 6) is -0.611. The van der Waals surface area contributed by atoms with E-state index in [1.165, 1.54) is 30.0 Å². The number of carbonyl (C=O) groups is 1. The van der Waals surface area contributed by atoms with Gasteiger partial charge in [-0.2, -0.15) is 4.39 Å². The molecule has 0 spiro atoms. The summed E-state index contributed by atoms with van der Waals surface area (Å²) in [5.41, 5.74) is 0.715. The number of nitrogens with zero attached hydrogens (tertiary/aromatic N) is 2. The molecule has 0 aromatic carbocycles. The van der Waals surface area contributed by atoms with Crippen LogP contribution in [0.15, 0.2) is 24.5 Å². The highest BCUT2D eigenvalue weighted by Gasteiger charge is 2.39. The first kappa shape index (κ1) is 13.8. The van der Waals surface area contributed by atoms with Crippen molar-refractivity contribution in [1.29, 1.82) is 0 Å². The lowest BCUT2D eigenvalue weighted by Gasteiger charge is -2.20. The van der Waals surface area contributed by atoms with E-state index in [4.69, 9.17) is 0 Å². The Balaban J connectivity index is 1.46. The monoisotopic (exact) mass is 318 g/mol. The van der Waals surface area contributed by atoms with Crippen molar-refractivity contribution in [1.82, 2.24) is 20.6 Å². The fourth-order valence-electron chi connectivity index (χ4n) is 3.24. The summed E-state index contributed by atoms with van der Waals surface area (Å²) in [5, 5.41) is 7.26. The van der Waals surface area contributed by atoms with Gasteiger partial charge in [-0.15, -0.1) is 11.3 Å². The number of halogens is 1. The number of rotatable bonds is 3. The Hall–Kier alpha value is -1.86. The molecule has 2 N–H and O–H groups in total. The minimum absolute atomic E-state index is 0.0850. The minimum atomic E-state index is -0.526. The average molecular weight is 318 g/mol. The maximum absolute atomic E-state index is 12.8. The number of nitrogens with one attached hydrogen (secondary N) is 2. The van der Waals surface area contributed by atoms with Crippen molar-refractivity contribution in [2.75, 3.05) is 0 Å². The van der Waals surface area contributed by atoms with Crippen LogP contribution in [0.5, 0.6) is 0 Å².